The summed E-state index contributed by atoms with van der Waals surface area (Å²) in [7, 11) is 0. The molecule has 5 nitrogen and oxygen atoms in total. The average molecular weight is 338 g/mol. The van der Waals surface area contributed by atoms with E-state index >= 15 is 0 Å². The van der Waals surface area contributed by atoms with Gasteiger partial charge in [0.25, 0.3) is 0 Å². The molecule has 1 aliphatic rings. The molecule has 0 saturated carbocycles. The maximum Gasteiger partial charge on any atom is 0.185 e. The Morgan fingerprint density at radius 2 is 1.84 bits per heavy atom. The Morgan fingerprint density at radius 3 is 2.64 bits per heavy atom. The molecule has 25 heavy (non-hydrogen) atoms. The Labute approximate surface area is 149 Å². The molecule has 1 aliphatic heterocycles. The standard InChI is InChI=1S/C20H26N4O/c21-20(22)23-11-6-12-24-13-14-25-19(16-7-2-1-3-8-16)18-10-5-4-9-17(18)15-24/h1-5,7-10,19H,6,11-15H2,(H4,21,22,23). The highest BCUT2D eigenvalue weighted by atomic mass is 16.5. The molecule has 1 unspecified atom stereocenters. The molecule has 0 bridgehead atoms. The van der Waals surface area contributed by atoms with Crippen molar-refractivity contribution >= 4 is 5.96 Å². The van der Waals surface area contributed by atoms with Gasteiger partial charge in [-0.1, -0.05) is 54.6 Å². The van der Waals surface area contributed by atoms with Gasteiger partial charge in [-0.3, -0.25) is 9.89 Å². The molecule has 0 spiro atoms. The quantitative estimate of drug-likeness (QED) is 0.498. The molecule has 1 heterocycles. The van der Waals surface area contributed by atoms with Gasteiger partial charge in [0.2, 0.25) is 0 Å². The summed E-state index contributed by atoms with van der Waals surface area (Å²) in [6.07, 6.45) is 0.934. The van der Waals surface area contributed by atoms with E-state index in [0.29, 0.717) is 13.2 Å². The van der Waals surface area contributed by atoms with Crippen LogP contribution in [0.1, 0.15) is 29.2 Å². The minimum Gasteiger partial charge on any atom is -0.370 e. The Hall–Kier alpha value is -2.37. The fourth-order valence-corrected chi connectivity index (χ4v) is 3.24. The zero-order valence-electron chi connectivity index (χ0n) is 14.5. The highest BCUT2D eigenvalue weighted by molar-refractivity contribution is 5.75. The Bertz CT molecular complexity index is 698. The minimum absolute atomic E-state index is 0.00110. The van der Waals surface area contributed by atoms with Gasteiger partial charge in [0.1, 0.15) is 6.10 Å². The molecule has 0 saturated heterocycles. The number of guanidine groups is 1. The fraction of sp³-hybridized carbons (Fsp3) is 0.350. The van der Waals surface area contributed by atoms with Crippen LogP contribution in [0.2, 0.25) is 0 Å². The van der Waals surface area contributed by atoms with Crippen molar-refractivity contribution in [3.05, 3.63) is 71.3 Å². The third-order valence-electron chi connectivity index (χ3n) is 4.45. The zero-order valence-corrected chi connectivity index (χ0v) is 14.5. The number of nitrogens with zero attached hydrogens (tertiary/aromatic N) is 2. The van der Waals surface area contributed by atoms with Crippen LogP contribution in [-0.2, 0) is 11.3 Å². The van der Waals surface area contributed by atoms with Crippen LogP contribution in [0.15, 0.2) is 59.6 Å². The van der Waals surface area contributed by atoms with Gasteiger partial charge in [0, 0.05) is 26.2 Å². The fourth-order valence-electron chi connectivity index (χ4n) is 3.24. The maximum atomic E-state index is 6.26. The van der Waals surface area contributed by atoms with E-state index < -0.39 is 0 Å². The second kappa shape index (κ2) is 8.65. The lowest BCUT2D eigenvalue weighted by molar-refractivity contribution is 0.0491. The van der Waals surface area contributed by atoms with Crippen molar-refractivity contribution < 1.29 is 4.74 Å². The van der Waals surface area contributed by atoms with E-state index in [9.17, 15) is 0 Å². The van der Waals surface area contributed by atoms with Crippen LogP contribution < -0.4 is 11.5 Å². The Kier molecular flexibility index (Phi) is 6.04. The van der Waals surface area contributed by atoms with Gasteiger partial charge in [0.05, 0.1) is 6.61 Å². The summed E-state index contributed by atoms with van der Waals surface area (Å²) in [6.45, 7) is 4.14. The molecule has 2 aromatic carbocycles. The van der Waals surface area contributed by atoms with Crippen molar-refractivity contribution in [3.8, 4) is 0 Å². The number of aliphatic imine (C=N–C) groups is 1. The van der Waals surface area contributed by atoms with E-state index in [1.54, 1.807) is 0 Å². The van der Waals surface area contributed by atoms with E-state index in [2.05, 4.69) is 58.4 Å². The number of fused-ring (bicyclic) bond motifs is 1. The van der Waals surface area contributed by atoms with Gasteiger partial charge in [-0.25, -0.2) is 0 Å². The zero-order chi connectivity index (χ0) is 17.5. The number of hydrogen-bond donors (Lipinski definition) is 2. The third kappa shape index (κ3) is 4.81. The SMILES string of the molecule is NC(N)=NCCCN1CCOC(c2ccccc2)c2ccccc2C1. The van der Waals surface area contributed by atoms with E-state index in [1.807, 2.05) is 6.07 Å². The van der Waals surface area contributed by atoms with Crippen LogP contribution in [0.25, 0.3) is 0 Å². The summed E-state index contributed by atoms with van der Waals surface area (Å²) in [5.41, 5.74) is 14.5. The number of hydrogen-bond acceptors (Lipinski definition) is 3. The average Bonchev–Trinajstić information content (AvgIpc) is 2.61. The molecule has 2 aromatic rings. The van der Waals surface area contributed by atoms with Gasteiger partial charge in [-0.05, 0) is 23.1 Å². The molecule has 132 valence electrons. The monoisotopic (exact) mass is 338 g/mol. The first kappa shape index (κ1) is 17.5. The van der Waals surface area contributed by atoms with Crippen molar-refractivity contribution in [2.75, 3.05) is 26.2 Å². The van der Waals surface area contributed by atoms with Crippen LogP contribution in [0.4, 0.5) is 0 Å². The van der Waals surface area contributed by atoms with Gasteiger partial charge in [0.15, 0.2) is 5.96 Å². The van der Waals surface area contributed by atoms with Crippen LogP contribution in [-0.4, -0.2) is 37.1 Å². The number of nitrogens with two attached hydrogens (primary N) is 2. The number of rotatable bonds is 5. The summed E-state index contributed by atoms with van der Waals surface area (Å²) in [4.78, 5) is 6.47. The predicted molar refractivity (Wildman–Crippen MR) is 101 cm³/mol. The second-order valence-corrected chi connectivity index (χ2v) is 6.30. The molecule has 0 fully saturated rings. The summed E-state index contributed by atoms with van der Waals surface area (Å²) in [6, 6.07) is 19.0. The van der Waals surface area contributed by atoms with Crippen LogP contribution >= 0.6 is 0 Å². The van der Waals surface area contributed by atoms with Gasteiger partial charge < -0.3 is 16.2 Å². The van der Waals surface area contributed by atoms with Crippen LogP contribution in [0.5, 0.6) is 0 Å². The molecule has 0 aromatic heterocycles. The van der Waals surface area contributed by atoms with Crippen molar-refractivity contribution in [2.24, 2.45) is 16.5 Å². The lowest BCUT2D eigenvalue weighted by Crippen LogP contribution is -2.32. The van der Waals surface area contributed by atoms with Crippen molar-refractivity contribution in [2.45, 2.75) is 19.1 Å². The molecular weight excluding hydrogens is 312 g/mol. The summed E-state index contributed by atoms with van der Waals surface area (Å²) >= 11 is 0. The van der Waals surface area contributed by atoms with Crippen LogP contribution in [0.3, 0.4) is 0 Å². The molecule has 1 atom stereocenters. The highest BCUT2D eigenvalue weighted by Crippen LogP contribution is 2.30. The molecular formula is C20H26N4O. The molecule has 5 heteroatoms. The summed E-state index contributed by atoms with van der Waals surface area (Å²) < 4.78 is 6.26. The number of ether oxygens (including phenoxy) is 1. The van der Waals surface area contributed by atoms with Crippen LogP contribution in [0, 0.1) is 0 Å². The van der Waals surface area contributed by atoms with E-state index in [-0.39, 0.29) is 12.1 Å². The molecule has 0 amide bonds. The first-order valence-electron chi connectivity index (χ1n) is 8.76. The van der Waals surface area contributed by atoms with Gasteiger partial charge in [-0.15, -0.1) is 0 Å². The molecule has 3 rings (SSSR count). The van der Waals surface area contributed by atoms with E-state index in [1.165, 1.54) is 16.7 Å². The Morgan fingerprint density at radius 1 is 1.08 bits per heavy atom. The minimum atomic E-state index is 0.00110. The topological polar surface area (TPSA) is 76.9 Å². The second-order valence-electron chi connectivity index (χ2n) is 6.30. The third-order valence-corrected chi connectivity index (χ3v) is 4.45. The maximum absolute atomic E-state index is 6.26. The Balaban J connectivity index is 1.75. The number of benzene rings is 2. The first-order valence-corrected chi connectivity index (χ1v) is 8.76. The highest BCUT2D eigenvalue weighted by Gasteiger charge is 2.22. The molecule has 0 aliphatic carbocycles. The largest absolute Gasteiger partial charge is 0.370 e. The molecule has 4 N–H and O–H groups in total. The van der Waals surface area contributed by atoms with Crippen molar-refractivity contribution in [1.29, 1.82) is 0 Å². The molecule has 0 radical (unpaired) electrons. The van der Waals surface area contributed by atoms with Gasteiger partial charge >= 0.3 is 0 Å². The van der Waals surface area contributed by atoms with Crippen molar-refractivity contribution in [3.63, 3.8) is 0 Å². The summed E-state index contributed by atoms with van der Waals surface area (Å²) in [5, 5.41) is 0. The summed E-state index contributed by atoms with van der Waals surface area (Å²) in [5.74, 6) is 0.159. The smallest absolute Gasteiger partial charge is 0.185 e. The van der Waals surface area contributed by atoms with E-state index in [4.69, 9.17) is 16.2 Å². The predicted octanol–water partition coefficient (Wildman–Crippen LogP) is 2.27. The normalized spacial score (nSPS) is 18.0. The first-order chi connectivity index (χ1) is 12.2. The lowest BCUT2D eigenvalue weighted by atomic mass is 9.95. The van der Waals surface area contributed by atoms with Gasteiger partial charge in [-0.2, -0.15) is 0 Å². The lowest BCUT2D eigenvalue weighted by Gasteiger charge is -2.30. The van der Waals surface area contributed by atoms with Crippen molar-refractivity contribution in [1.82, 2.24) is 4.90 Å². The van der Waals surface area contributed by atoms with E-state index in [0.717, 1.165) is 26.1 Å².